The van der Waals surface area contributed by atoms with Crippen LogP contribution >= 0.6 is 11.3 Å². The first kappa shape index (κ1) is 13.6. The second kappa shape index (κ2) is 5.29. The number of carboxylic acids is 1. The van der Waals surface area contributed by atoms with Crippen LogP contribution in [-0.2, 0) is 0 Å². The molecule has 22 heavy (non-hydrogen) atoms. The van der Waals surface area contributed by atoms with Crippen LogP contribution in [0, 0.1) is 0 Å². The van der Waals surface area contributed by atoms with E-state index in [1.807, 2.05) is 30.3 Å². The smallest absolute Gasteiger partial charge is 0.336 e. The number of rotatable bonds is 3. The minimum Gasteiger partial charge on any atom is -0.489 e. The summed E-state index contributed by atoms with van der Waals surface area (Å²) in [5, 5.41) is 11.3. The van der Waals surface area contributed by atoms with Gasteiger partial charge in [-0.05, 0) is 43.9 Å². The van der Waals surface area contributed by atoms with E-state index >= 15 is 0 Å². The van der Waals surface area contributed by atoms with Crippen LogP contribution in [0.5, 0.6) is 5.75 Å². The lowest BCUT2D eigenvalue weighted by molar-refractivity contribution is 0.0699. The van der Waals surface area contributed by atoms with Crippen LogP contribution in [-0.4, -0.2) is 17.2 Å². The van der Waals surface area contributed by atoms with Gasteiger partial charge in [0.2, 0.25) is 0 Å². The summed E-state index contributed by atoms with van der Waals surface area (Å²) in [6, 6.07) is 11.4. The number of ether oxygens (including phenoxy) is 1. The topological polar surface area (TPSA) is 46.5 Å². The van der Waals surface area contributed by atoms with E-state index in [1.54, 1.807) is 17.4 Å². The van der Waals surface area contributed by atoms with Gasteiger partial charge in [-0.15, -0.1) is 11.3 Å². The number of hydrogen-bond donors (Lipinski definition) is 1. The lowest BCUT2D eigenvalue weighted by atomic mass is 10.1. The van der Waals surface area contributed by atoms with Gasteiger partial charge in [0.1, 0.15) is 5.75 Å². The van der Waals surface area contributed by atoms with E-state index < -0.39 is 5.97 Å². The van der Waals surface area contributed by atoms with E-state index in [0.717, 1.165) is 38.8 Å². The summed E-state index contributed by atoms with van der Waals surface area (Å²) in [5.41, 5.74) is 0.353. The molecule has 4 rings (SSSR count). The van der Waals surface area contributed by atoms with Gasteiger partial charge in [-0.1, -0.05) is 18.2 Å². The number of hydrogen-bond acceptors (Lipinski definition) is 3. The molecule has 3 aromatic rings. The molecule has 2 aromatic carbocycles. The molecule has 112 valence electrons. The fourth-order valence-electron chi connectivity index (χ4n) is 3.26. The Kier molecular flexibility index (Phi) is 3.26. The van der Waals surface area contributed by atoms with Crippen molar-refractivity contribution in [3.8, 4) is 5.75 Å². The third-order valence-corrected chi connectivity index (χ3v) is 5.50. The van der Waals surface area contributed by atoms with Gasteiger partial charge in [0.25, 0.3) is 0 Å². The average molecular weight is 312 g/mol. The van der Waals surface area contributed by atoms with Crippen molar-refractivity contribution in [2.24, 2.45) is 0 Å². The Balaban J connectivity index is 1.95. The summed E-state index contributed by atoms with van der Waals surface area (Å²) < 4.78 is 8.22. The van der Waals surface area contributed by atoms with Crippen molar-refractivity contribution in [2.45, 2.75) is 31.8 Å². The largest absolute Gasteiger partial charge is 0.489 e. The maximum absolute atomic E-state index is 11.6. The van der Waals surface area contributed by atoms with E-state index in [-0.39, 0.29) is 6.10 Å². The number of thiophene rings is 1. The third kappa shape index (κ3) is 2.15. The highest BCUT2D eigenvalue weighted by Gasteiger charge is 2.21. The monoisotopic (exact) mass is 312 g/mol. The molecule has 0 saturated heterocycles. The molecule has 1 saturated carbocycles. The molecule has 0 aliphatic heterocycles. The second-order valence-electron chi connectivity index (χ2n) is 5.74. The fourth-order valence-corrected chi connectivity index (χ4v) is 4.45. The normalized spacial score (nSPS) is 15.6. The highest BCUT2D eigenvalue weighted by atomic mass is 32.1. The predicted molar refractivity (Wildman–Crippen MR) is 89.2 cm³/mol. The molecule has 3 nitrogen and oxygen atoms in total. The zero-order chi connectivity index (χ0) is 15.1. The summed E-state index contributed by atoms with van der Waals surface area (Å²) in [6.45, 7) is 0. The molecule has 0 atom stereocenters. The van der Waals surface area contributed by atoms with Gasteiger partial charge >= 0.3 is 5.97 Å². The van der Waals surface area contributed by atoms with Crippen molar-refractivity contribution >= 4 is 37.5 Å². The highest BCUT2D eigenvalue weighted by molar-refractivity contribution is 7.26. The summed E-state index contributed by atoms with van der Waals surface area (Å²) in [6.07, 6.45) is 4.88. The van der Waals surface area contributed by atoms with Crippen molar-refractivity contribution in [2.75, 3.05) is 0 Å². The fraction of sp³-hybridized carbons (Fsp3) is 0.278. The predicted octanol–water partition coefficient (Wildman–Crippen LogP) is 5.07. The first-order valence-corrected chi connectivity index (χ1v) is 8.40. The molecule has 1 heterocycles. The molecule has 0 unspecified atom stereocenters. The van der Waals surface area contributed by atoms with Gasteiger partial charge in [0.15, 0.2) is 0 Å². The first-order chi connectivity index (χ1) is 10.7. The minimum atomic E-state index is -0.888. The molecule has 1 fully saturated rings. The third-order valence-electron chi connectivity index (χ3n) is 4.32. The number of carboxylic acid groups (broad SMARTS) is 1. The van der Waals surface area contributed by atoms with Gasteiger partial charge in [-0.25, -0.2) is 4.79 Å². The summed E-state index contributed by atoms with van der Waals surface area (Å²) in [5.74, 6) is -0.0610. The van der Waals surface area contributed by atoms with Crippen LogP contribution in [0.2, 0.25) is 0 Å². The van der Waals surface area contributed by atoms with Crippen LogP contribution in [0.3, 0.4) is 0 Å². The van der Waals surface area contributed by atoms with Gasteiger partial charge in [0.05, 0.1) is 16.4 Å². The molecule has 0 bridgehead atoms. The van der Waals surface area contributed by atoms with Crippen LogP contribution in [0.25, 0.3) is 20.2 Å². The molecule has 1 aliphatic rings. The second-order valence-corrected chi connectivity index (χ2v) is 6.80. The maximum atomic E-state index is 11.6. The molecule has 0 amide bonds. The van der Waals surface area contributed by atoms with Crippen LogP contribution in [0.4, 0.5) is 0 Å². The number of benzene rings is 2. The molecule has 0 radical (unpaired) electrons. The van der Waals surface area contributed by atoms with Crippen LogP contribution in [0.1, 0.15) is 36.0 Å². The Hall–Kier alpha value is -2.07. The Morgan fingerprint density at radius 3 is 2.68 bits per heavy atom. The Labute approximate surface area is 132 Å². The molecule has 1 N–H and O–H groups in total. The Bertz CT molecular complexity index is 859. The van der Waals surface area contributed by atoms with E-state index in [9.17, 15) is 9.90 Å². The maximum Gasteiger partial charge on any atom is 0.336 e. The van der Waals surface area contributed by atoms with Crippen molar-refractivity contribution in [1.29, 1.82) is 0 Å². The van der Waals surface area contributed by atoms with Gasteiger partial charge < -0.3 is 9.84 Å². The quantitative estimate of drug-likeness (QED) is 0.734. The van der Waals surface area contributed by atoms with Crippen molar-refractivity contribution < 1.29 is 14.6 Å². The molecule has 0 spiro atoms. The zero-order valence-corrected chi connectivity index (χ0v) is 12.9. The lowest BCUT2D eigenvalue weighted by Gasteiger charge is -2.14. The Morgan fingerprint density at radius 2 is 1.91 bits per heavy atom. The number of fused-ring (bicyclic) bond motifs is 3. The molecule has 1 aromatic heterocycles. The number of carbonyl (C=O) groups is 1. The standard InChI is InChI=1S/C18H16O3S/c19-18(20)13-9-10-14(21-11-5-1-2-6-11)17-16(13)12-7-3-4-8-15(12)22-17/h3-4,7-11H,1-2,5-6H2,(H,19,20). The van der Waals surface area contributed by atoms with Crippen molar-refractivity contribution in [1.82, 2.24) is 0 Å². The summed E-state index contributed by atoms with van der Waals surface area (Å²) in [4.78, 5) is 11.6. The van der Waals surface area contributed by atoms with Crippen molar-refractivity contribution in [3.05, 3.63) is 42.0 Å². The Morgan fingerprint density at radius 1 is 1.14 bits per heavy atom. The van der Waals surface area contributed by atoms with Crippen LogP contribution < -0.4 is 4.74 Å². The average Bonchev–Trinajstić information content (AvgIpc) is 3.14. The first-order valence-electron chi connectivity index (χ1n) is 7.58. The highest BCUT2D eigenvalue weighted by Crippen LogP contribution is 2.42. The lowest BCUT2D eigenvalue weighted by Crippen LogP contribution is -2.11. The molecular formula is C18H16O3S. The van der Waals surface area contributed by atoms with E-state index in [0.29, 0.717) is 5.56 Å². The van der Waals surface area contributed by atoms with E-state index in [4.69, 9.17) is 4.74 Å². The van der Waals surface area contributed by atoms with Crippen molar-refractivity contribution in [3.63, 3.8) is 0 Å². The van der Waals surface area contributed by atoms with Gasteiger partial charge in [0, 0.05) is 15.5 Å². The van der Waals surface area contributed by atoms with Crippen LogP contribution in [0.15, 0.2) is 36.4 Å². The summed E-state index contributed by atoms with van der Waals surface area (Å²) >= 11 is 1.61. The molecular weight excluding hydrogens is 296 g/mol. The molecule has 1 aliphatic carbocycles. The van der Waals surface area contributed by atoms with E-state index in [1.165, 1.54) is 12.8 Å². The summed E-state index contributed by atoms with van der Waals surface area (Å²) in [7, 11) is 0. The minimum absolute atomic E-state index is 0.268. The molecule has 4 heteroatoms. The zero-order valence-electron chi connectivity index (χ0n) is 12.0. The SMILES string of the molecule is O=C(O)c1ccc(OC2CCCC2)c2sc3ccccc3c12. The van der Waals surface area contributed by atoms with E-state index in [2.05, 4.69) is 0 Å². The number of aromatic carboxylic acids is 1. The van der Waals surface area contributed by atoms with Gasteiger partial charge in [-0.2, -0.15) is 0 Å². The van der Waals surface area contributed by atoms with Gasteiger partial charge in [-0.3, -0.25) is 0 Å².